The molecule has 11 heteroatoms. The predicted molar refractivity (Wildman–Crippen MR) is 130 cm³/mol. The van der Waals surface area contributed by atoms with Gasteiger partial charge in [0.25, 0.3) is 5.09 Å². The summed E-state index contributed by atoms with van der Waals surface area (Å²) in [5.41, 5.74) is 2.19. The Labute approximate surface area is 206 Å². The quantitative estimate of drug-likeness (QED) is 0.257. The highest BCUT2D eigenvalue weighted by molar-refractivity contribution is 6.35. The second-order valence-corrected chi connectivity index (χ2v) is 8.20. The molecular formula is C23H24Cl2N6O3. The van der Waals surface area contributed by atoms with Crippen LogP contribution in [0.1, 0.15) is 5.56 Å². The van der Waals surface area contributed by atoms with Gasteiger partial charge in [0, 0.05) is 73.1 Å². The van der Waals surface area contributed by atoms with Gasteiger partial charge in [-0.1, -0.05) is 59.6 Å². The van der Waals surface area contributed by atoms with Gasteiger partial charge in [0.05, 0.1) is 6.33 Å². The number of halogens is 2. The fourth-order valence-electron chi connectivity index (χ4n) is 3.42. The number of aromatic nitrogens is 4. The second kappa shape index (κ2) is 12.7. The molecule has 2 aromatic carbocycles. The molecule has 0 unspecified atom stereocenters. The SMILES string of the molecule is Clc1ccc(CN(CCn2ccnc2)CCn2ccnc2-c2ccccc2)c(Cl)c1.O=[N+]([O-])O. The standard InChI is InChI=1S/C23H23Cl2N5.HNO3/c24-21-7-6-20(22(25)16-21)17-28(12-13-29-10-8-26-18-29)14-15-30-11-9-27-23(30)19-4-2-1-3-5-19;2-1(3)4/h1-11,16,18H,12-15,17H2;(H,2,3,4). The van der Waals surface area contributed by atoms with Gasteiger partial charge in [0.1, 0.15) is 5.82 Å². The lowest BCUT2D eigenvalue weighted by atomic mass is 10.2. The van der Waals surface area contributed by atoms with E-state index < -0.39 is 5.09 Å². The average Bonchev–Trinajstić information content (AvgIpc) is 3.49. The van der Waals surface area contributed by atoms with Crippen LogP contribution in [0.3, 0.4) is 0 Å². The van der Waals surface area contributed by atoms with Crippen molar-refractivity contribution in [3.63, 3.8) is 0 Å². The van der Waals surface area contributed by atoms with Crippen LogP contribution in [0.25, 0.3) is 11.4 Å². The Kier molecular flexibility index (Phi) is 9.45. The Morgan fingerprint density at radius 2 is 1.76 bits per heavy atom. The minimum atomic E-state index is -1.50. The first-order chi connectivity index (χ1) is 16.4. The van der Waals surface area contributed by atoms with Crippen molar-refractivity contribution in [1.82, 2.24) is 24.0 Å². The second-order valence-electron chi connectivity index (χ2n) is 7.36. The number of hydrogen-bond acceptors (Lipinski definition) is 5. The van der Waals surface area contributed by atoms with Crippen molar-refractivity contribution in [3.05, 3.63) is 105 Å². The highest BCUT2D eigenvalue weighted by Gasteiger charge is 2.12. The van der Waals surface area contributed by atoms with E-state index in [2.05, 4.69) is 36.1 Å². The summed E-state index contributed by atoms with van der Waals surface area (Å²) in [6.45, 7) is 4.19. The molecule has 0 amide bonds. The van der Waals surface area contributed by atoms with Gasteiger partial charge in [-0.15, -0.1) is 10.1 Å². The van der Waals surface area contributed by atoms with Crippen LogP contribution >= 0.6 is 23.2 Å². The zero-order valence-electron chi connectivity index (χ0n) is 18.2. The largest absolute Gasteiger partial charge is 0.336 e. The molecule has 178 valence electrons. The molecule has 0 aliphatic carbocycles. The fourth-order valence-corrected chi connectivity index (χ4v) is 3.89. The first kappa shape index (κ1) is 25.2. The molecular weight excluding hydrogens is 479 g/mol. The maximum absolute atomic E-state index is 8.36. The van der Waals surface area contributed by atoms with Crippen molar-refractivity contribution < 1.29 is 10.3 Å². The Balaban J connectivity index is 0.000000751. The lowest BCUT2D eigenvalue weighted by Crippen LogP contribution is -2.30. The van der Waals surface area contributed by atoms with Gasteiger partial charge < -0.3 is 14.3 Å². The van der Waals surface area contributed by atoms with E-state index in [1.807, 2.05) is 55.2 Å². The molecule has 0 radical (unpaired) electrons. The smallest absolute Gasteiger partial charge is 0.291 e. The molecule has 2 aromatic heterocycles. The molecule has 0 fully saturated rings. The van der Waals surface area contributed by atoms with E-state index >= 15 is 0 Å². The lowest BCUT2D eigenvalue weighted by Gasteiger charge is -2.24. The molecule has 0 spiro atoms. The van der Waals surface area contributed by atoms with Crippen LogP contribution in [-0.4, -0.2) is 47.4 Å². The van der Waals surface area contributed by atoms with Gasteiger partial charge in [-0.25, -0.2) is 9.97 Å². The van der Waals surface area contributed by atoms with E-state index in [1.54, 1.807) is 12.3 Å². The molecule has 0 saturated heterocycles. The zero-order valence-corrected chi connectivity index (χ0v) is 19.8. The van der Waals surface area contributed by atoms with Gasteiger partial charge in [-0.3, -0.25) is 4.90 Å². The van der Waals surface area contributed by atoms with Crippen LogP contribution in [0.15, 0.2) is 79.6 Å². The van der Waals surface area contributed by atoms with E-state index in [-0.39, 0.29) is 0 Å². The Morgan fingerprint density at radius 3 is 2.44 bits per heavy atom. The number of nitrogens with zero attached hydrogens (tertiary/aromatic N) is 6. The third-order valence-electron chi connectivity index (χ3n) is 5.05. The summed E-state index contributed by atoms with van der Waals surface area (Å²) in [6, 6.07) is 16.0. The van der Waals surface area contributed by atoms with Gasteiger partial charge in [-0.2, -0.15) is 0 Å². The molecule has 34 heavy (non-hydrogen) atoms. The first-order valence-corrected chi connectivity index (χ1v) is 11.2. The predicted octanol–water partition coefficient (Wildman–Crippen LogP) is 4.91. The zero-order chi connectivity index (χ0) is 24.3. The summed E-state index contributed by atoms with van der Waals surface area (Å²) in [5, 5.41) is 15.0. The van der Waals surface area contributed by atoms with Crippen molar-refractivity contribution in [2.24, 2.45) is 0 Å². The third-order valence-corrected chi connectivity index (χ3v) is 5.63. The number of benzene rings is 2. The van der Waals surface area contributed by atoms with Crippen LogP contribution in [0.4, 0.5) is 0 Å². The lowest BCUT2D eigenvalue weighted by molar-refractivity contribution is -0.742. The van der Waals surface area contributed by atoms with Gasteiger partial charge in [0.15, 0.2) is 0 Å². The Morgan fingerprint density at radius 1 is 1.03 bits per heavy atom. The van der Waals surface area contributed by atoms with Crippen LogP contribution in [0.2, 0.25) is 10.0 Å². The molecule has 4 rings (SSSR count). The summed E-state index contributed by atoms with van der Waals surface area (Å²) in [6.07, 6.45) is 9.52. The summed E-state index contributed by atoms with van der Waals surface area (Å²) in [5.74, 6) is 0.981. The molecule has 0 aliphatic heterocycles. The molecule has 9 nitrogen and oxygen atoms in total. The number of hydrogen-bond donors (Lipinski definition) is 1. The minimum absolute atomic E-state index is 0.652. The Hall–Kier alpha value is -3.40. The minimum Gasteiger partial charge on any atom is -0.336 e. The molecule has 4 aromatic rings. The Bertz CT molecular complexity index is 1160. The maximum Gasteiger partial charge on any atom is 0.291 e. The van der Waals surface area contributed by atoms with Crippen LogP contribution < -0.4 is 0 Å². The third kappa shape index (κ3) is 7.87. The number of imidazole rings is 2. The van der Waals surface area contributed by atoms with Crippen molar-refractivity contribution in [3.8, 4) is 11.4 Å². The summed E-state index contributed by atoms with van der Waals surface area (Å²) >= 11 is 12.5. The van der Waals surface area contributed by atoms with Crippen molar-refractivity contribution in [1.29, 1.82) is 0 Å². The number of rotatable bonds is 9. The summed E-state index contributed by atoms with van der Waals surface area (Å²) < 4.78 is 4.28. The monoisotopic (exact) mass is 502 g/mol. The van der Waals surface area contributed by atoms with Crippen LogP contribution in [0.5, 0.6) is 0 Å². The van der Waals surface area contributed by atoms with E-state index in [1.165, 1.54) is 0 Å². The molecule has 0 atom stereocenters. The molecule has 1 N–H and O–H groups in total. The van der Waals surface area contributed by atoms with Gasteiger partial charge >= 0.3 is 0 Å². The summed E-state index contributed by atoms with van der Waals surface area (Å²) in [7, 11) is 0. The molecule has 0 saturated carbocycles. The van der Waals surface area contributed by atoms with E-state index in [9.17, 15) is 0 Å². The molecule has 0 aliphatic rings. The van der Waals surface area contributed by atoms with Crippen molar-refractivity contribution in [2.75, 3.05) is 13.1 Å². The highest BCUT2D eigenvalue weighted by Crippen LogP contribution is 2.23. The van der Waals surface area contributed by atoms with Crippen LogP contribution in [-0.2, 0) is 19.6 Å². The van der Waals surface area contributed by atoms with Crippen molar-refractivity contribution in [2.45, 2.75) is 19.6 Å². The van der Waals surface area contributed by atoms with Gasteiger partial charge in [-0.05, 0) is 17.7 Å². The summed E-state index contributed by atoms with van der Waals surface area (Å²) in [4.78, 5) is 19.4. The van der Waals surface area contributed by atoms with E-state index in [0.717, 1.165) is 49.7 Å². The van der Waals surface area contributed by atoms with E-state index in [0.29, 0.717) is 10.0 Å². The highest BCUT2D eigenvalue weighted by atomic mass is 35.5. The molecule has 2 heterocycles. The maximum atomic E-state index is 8.36. The van der Waals surface area contributed by atoms with Crippen molar-refractivity contribution >= 4 is 23.2 Å². The molecule has 0 bridgehead atoms. The van der Waals surface area contributed by atoms with E-state index in [4.69, 9.17) is 38.5 Å². The average molecular weight is 503 g/mol. The van der Waals surface area contributed by atoms with Gasteiger partial charge in [0.2, 0.25) is 0 Å². The topological polar surface area (TPSA) is 102 Å². The normalized spacial score (nSPS) is 10.7. The first-order valence-electron chi connectivity index (χ1n) is 10.4. The van der Waals surface area contributed by atoms with Crippen LogP contribution in [0, 0.1) is 10.1 Å². The fraction of sp³-hybridized carbons (Fsp3) is 0.217.